The first-order valence-corrected chi connectivity index (χ1v) is 9.74. The van der Waals surface area contributed by atoms with Gasteiger partial charge in [0.2, 0.25) is 0 Å². The lowest BCUT2D eigenvalue weighted by Crippen LogP contribution is -2.53. The summed E-state index contributed by atoms with van der Waals surface area (Å²) in [7, 11) is -2.26. The summed E-state index contributed by atoms with van der Waals surface area (Å²) < 4.78 is 5.91. The van der Waals surface area contributed by atoms with Crippen LogP contribution in [0.5, 0.6) is 0 Å². The molecule has 0 heterocycles. The Labute approximate surface area is 78.3 Å². The maximum absolute atomic E-state index is 5.98. The fourth-order valence-electron chi connectivity index (χ4n) is 1.13. The summed E-state index contributed by atoms with van der Waals surface area (Å²) >= 11 is 0. The average molecular weight is 205 g/mol. The highest BCUT2D eigenvalue weighted by molar-refractivity contribution is 6.79. The van der Waals surface area contributed by atoms with Crippen LogP contribution in [0.25, 0.3) is 0 Å². The SMILES string of the molecule is C[Si](C)O[Si](C)(C)C(N)CCN. The minimum absolute atomic E-state index is 0.183. The van der Waals surface area contributed by atoms with Crippen LogP contribution in [0, 0.1) is 0 Å². The van der Waals surface area contributed by atoms with Gasteiger partial charge in [0.15, 0.2) is 17.4 Å². The van der Waals surface area contributed by atoms with E-state index in [2.05, 4.69) is 26.2 Å². The molecule has 0 saturated carbocycles. The van der Waals surface area contributed by atoms with Crippen LogP contribution in [0.4, 0.5) is 0 Å². The van der Waals surface area contributed by atoms with Crippen LogP contribution in [0.3, 0.4) is 0 Å². The molecule has 0 saturated heterocycles. The van der Waals surface area contributed by atoms with E-state index in [1.165, 1.54) is 0 Å². The van der Waals surface area contributed by atoms with E-state index in [0.29, 0.717) is 6.54 Å². The Bertz CT molecular complexity index is 131. The quantitative estimate of drug-likeness (QED) is 0.649. The molecule has 73 valence electrons. The molecule has 0 fully saturated rings. The monoisotopic (exact) mass is 205 g/mol. The second-order valence-corrected chi connectivity index (χ2v) is 10.4. The Morgan fingerprint density at radius 1 is 1.42 bits per heavy atom. The lowest BCUT2D eigenvalue weighted by Gasteiger charge is -2.31. The van der Waals surface area contributed by atoms with E-state index in [-0.39, 0.29) is 5.67 Å². The Hall–Kier alpha value is 0.314. The van der Waals surface area contributed by atoms with E-state index < -0.39 is 17.4 Å². The van der Waals surface area contributed by atoms with Gasteiger partial charge in [0.1, 0.15) is 0 Å². The number of hydrogen-bond donors (Lipinski definition) is 2. The minimum atomic E-state index is -1.65. The molecule has 0 aliphatic heterocycles. The lowest BCUT2D eigenvalue weighted by atomic mass is 10.4. The van der Waals surface area contributed by atoms with Crippen LogP contribution in [0.15, 0.2) is 0 Å². The molecule has 1 radical (unpaired) electrons. The summed E-state index contributed by atoms with van der Waals surface area (Å²) in [4.78, 5) is 0. The van der Waals surface area contributed by atoms with Gasteiger partial charge in [0, 0.05) is 5.67 Å². The highest BCUT2D eigenvalue weighted by atomic mass is 28.4. The standard InChI is InChI=1S/C7H21N2OSi2/c1-11(2)10-12(3,4)7(9)5-6-8/h7H,5-6,8-9H2,1-4H3. The molecule has 0 bridgehead atoms. The largest absolute Gasteiger partial charge is 0.455 e. The van der Waals surface area contributed by atoms with Crippen LogP contribution >= 0.6 is 0 Å². The highest BCUT2D eigenvalue weighted by Crippen LogP contribution is 2.12. The molecular formula is C7H21N2OSi2. The summed E-state index contributed by atoms with van der Waals surface area (Å²) in [6.07, 6.45) is 0.883. The third-order valence-corrected chi connectivity index (χ3v) is 7.65. The molecule has 1 atom stereocenters. The molecule has 1 unspecified atom stereocenters. The van der Waals surface area contributed by atoms with Crippen molar-refractivity contribution < 1.29 is 4.12 Å². The average Bonchev–Trinajstić information content (AvgIpc) is 1.85. The van der Waals surface area contributed by atoms with E-state index in [9.17, 15) is 0 Å². The molecular weight excluding hydrogens is 184 g/mol. The molecule has 12 heavy (non-hydrogen) atoms. The Morgan fingerprint density at radius 2 is 1.92 bits per heavy atom. The Kier molecular flexibility index (Phi) is 5.27. The van der Waals surface area contributed by atoms with Crippen molar-refractivity contribution in [3.8, 4) is 0 Å². The Balaban J connectivity index is 3.99. The summed E-state index contributed by atoms with van der Waals surface area (Å²) in [6, 6.07) is 0. The molecule has 0 aromatic carbocycles. The van der Waals surface area contributed by atoms with Gasteiger partial charge < -0.3 is 15.6 Å². The van der Waals surface area contributed by atoms with Crippen LogP contribution in [0.2, 0.25) is 26.2 Å². The summed E-state index contributed by atoms with van der Waals surface area (Å²) in [6.45, 7) is 9.30. The second kappa shape index (κ2) is 5.13. The molecule has 0 spiro atoms. The zero-order valence-electron chi connectivity index (χ0n) is 8.55. The first-order chi connectivity index (χ1) is 5.40. The third-order valence-electron chi connectivity index (χ3n) is 1.84. The van der Waals surface area contributed by atoms with Gasteiger partial charge in [0.05, 0.1) is 0 Å². The molecule has 0 amide bonds. The second-order valence-electron chi connectivity index (χ2n) is 3.80. The van der Waals surface area contributed by atoms with Gasteiger partial charge in [0.25, 0.3) is 0 Å². The summed E-state index contributed by atoms with van der Waals surface area (Å²) in [5.74, 6) is 0. The zero-order chi connectivity index (χ0) is 9.78. The van der Waals surface area contributed by atoms with Gasteiger partial charge in [-0.05, 0) is 39.2 Å². The smallest absolute Gasteiger partial charge is 0.191 e. The molecule has 0 aliphatic rings. The van der Waals surface area contributed by atoms with Gasteiger partial charge in [-0.3, -0.25) is 0 Å². The minimum Gasteiger partial charge on any atom is -0.455 e. The fourth-order valence-corrected chi connectivity index (χ4v) is 6.81. The normalized spacial score (nSPS) is 15.2. The maximum Gasteiger partial charge on any atom is 0.191 e. The molecule has 5 heteroatoms. The van der Waals surface area contributed by atoms with Crippen molar-refractivity contribution in [2.75, 3.05) is 6.54 Å². The maximum atomic E-state index is 5.98. The van der Waals surface area contributed by atoms with Gasteiger partial charge >= 0.3 is 0 Å². The predicted molar refractivity (Wildman–Crippen MR) is 57.7 cm³/mol. The summed E-state index contributed by atoms with van der Waals surface area (Å²) in [5, 5.41) is 0. The molecule has 0 aliphatic carbocycles. The first kappa shape index (κ1) is 12.3. The third kappa shape index (κ3) is 4.37. The van der Waals surface area contributed by atoms with E-state index in [1.807, 2.05) is 0 Å². The van der Waals surface area contributed by atoms with Gasteiger partial charge in [-0.1, -0.05) is 0 Å². The zero-order valence-corrected chi connectivity index (χ0v) is 10.6. The van der Waals surface area contributed by atoms with E-state index in [1.54, 1.807) is 0 Å². The van der Waals surface area contributed by atoms with Crippen LogP contribution < -0.4 is 11.5 Å². The van der Waals surface area contributed by atoms with Crippen molar-refractivity contribution in [3.63, 3.8) is 0 Å². The van der Waals surface area contributed by atoms with E-state index in [0.717, 1.165) is 6.42 Å². The van der Waals surface area contributed by atoms with Crippen LogP contribution in [-0.4, -0.2) is 29.6 Å². The van der Waals surface area contributed by atoms with Crippen LogP contribution in [-0.2, 0) is 4.12 Å². The predicted octanol–water partition coefficient (Wildman–Crippen LogP) is 0.675. The van der Waals surface area contributed by atoms with Crippen molar-refractivity contribution in [2.24, 2.45) is 11.5 Å². The van der Waals surface area contributed by atoms with Gasteiger partial charge in [-0.2, -0.15) is 0 Å². The number of nitrogens with two attached hydrogens (primary N) is 2. The van der Waals surface area contributed by atoms with Crippen LogP contribution in [0.1, 0.15) is 6.42 Å². The molecule has 0 rings (SSSR count). The van der Waals surface area contributed by atoms with Crippen molar-refractivity contribution >= 4 is 17.4 Å². The summed E-state index contributed by atoms with van der Waals surface area (Å²) in [5.41, 5.74) is 11.6. The van der Waals surface area contributed by atoms with Gasteiger partial charge in [-0.15, -0.1) is 0 Å². The Morgan fingerprint density at radius 3 is 2.25 bits per heavy atom. The molecule has 3 nitrogen and oxygen atoms in total. The van der Waals surface area contributed by atoms with E-state index >= 15 is 0 Å². The topological polar surface area (TPSA) is 61.3 Å². The van der Waals surface area contributed by atoms with E-state index in [4.69, 9.17) is 15.6 Å². The van der Waals surface area contributed by atoms with Crippen molar-refractivity contribution in [1.82, 2.24) is 0 Å². The lowest BCUT2D eigenvalue weighted by molar-refractivity contribution is 0.536. The number of hydrogen-bond acceptors (Lipinski definition) is 3. The molecule has 0 aromatic rings. The van der Waals surface area contributed by atoms with Crippen molar-refractivity contribution in [3.05, 3.63) is 0 Å². The highest BCUT2D eigenvalue weighted by Gasteiger charge is 2.30. The van der Waals surface area contributed by atoms with Crippen molar-refractivity contribution in [1.29, 1.82) is 0 Å². The molecule has 4 N–H and O–H groups in total. The van der Waals surface area contributed by atoms with Crippen molar-refractivity contribution in [2.45, 2.75) is 38.3 Å². The number of rotatable bonds is 5. The fraction of sp³-hybridized carbons (Fsp3) is 1.00. The van der Waals surface area contributed by atoms with Gasteiger partial charge in [-0.25, -0.2) is 0 Å². The first-order valence-electron chi connectivity index (χ1n) is 4.35. The molecule has 0 aromatic heterocycles.